The van der Waals surface area contributed by atoms with Gasteiger partial charge >= 0.3 is 12.1 Å². The van der Waals surface area contributed by atoms with Gasteiger partial charge in [0.05, 0.1) is 6.61 Å². The molecule has 1 N–H and O–H groups in total. The van der Waals surface area contributed by atoms with Gasteiger partial charge in [-0.05, 0) is 65.0 Å². The molecule has 0 fully saturated rings. The molecule has 1 amide bonds. The molecule has 0 aliphatic heterocycles. The molecule has 2 rings (SSSR count). The van der Waals surface area contributed by atoms with Crippen molar-refractivity contribution in [2.75, 3.05) is 6.61 Å². The highest BCUT2D eigenvalue weighted by Gasteiger charge is 2.28. The number of nitrogens with one attached hydrogen (secondary N) is 1. The molecule has 1 aromatic heterocycles. The van der Waals surface area contributed by atoms with E-state index in [1.54, 1.807) is 0 Å². The van der Waals surface area contributed by atoms with Gasteiger partial charge in [0.15, 0.2) is 0 Å². The summed E-state index contributed by atoms with van der Waals surface area (Å²) in [5, 5.41) is 2.93. The van der Waals surface area contributed by atoms with Gasteiger partial charge in [-0.2, -0.15) is 0 Å². The van der Waals surface area contributed by atoms with Gasteiger partial charge in [0, 0.05) is 10.9 Å². The molecule has 1 aliphatic rings. The predicted octanol–water partition coefficient (Wildman–Crippen LogP) is 3.62. The van der Waals surface area contributed by atoms with E-state index in [1.807, 2.05) is 34.6 Å². The quantitative estimate of drug-likeness (QED) is 0.854. The Labute approximate surface area is 141 Å². The normalized spacial score (nSPS) is 17.3. The lowest BCUT2D eigenvalue weighted by atomic mass is 9.91. The maximum Gasteiger partial charge on any atom is 0.407 e. The first-order chi connectivity index (χ1) is 10.7. The lowest BCUT2D eigenvalue weighted by Crippen LogP contribution is -2.41. The average Bonchev–Trinajstić information content (AvgIpc) is 2.74. The van der Waals surface area contributed by atoms with E-state index in [2.05, 4.69) is 5.32 Å². The number of rotatable bonds is 3. The number of amides is 1. The lowest BCUT2D eigenvalue weighted by molar-refractivity contribution is 0.0496. The van der Waals surface area contributed by atoms with E-state index >= 15 is 0 Å². The summed E-state index contributed by atoms with van der Waals surface area (Å²) in [6, 6.07) is 0.0423. The number of carbonyl (C=O) groups is 2. The second-order valence-electron chi connectivity index (χ2n) is 6.76. The maximum atomic E-state index is 12.0. The molecule has 0 spiro atoms. The van der Waals surface area contributed by atoms with Crippen molar-refractivity contribution in [1.29, 1.82) is 0 Å². The van der Waals surface area contributed by atoms with Crippen molar-refractivity contribution < 1.29 is 19.1 Å². The number of thiophene rings is 1. The zero-order valence-corrected chi connectivity index (χ0v) is 15.3. The molecular formula is C17H25NO4S. The van der Waals surface area contributed by atoms with Gasteiger partial charge in [0.1, 0.15) is 10.5 Å². The summed E-state index contributed by atoms with van der Waals surface area (Å²) in [5.74, 6) is -0.249. The predicted molar refractivity (Wildman–Crippen MR) is 90.2 cm³/mol. The molecule has 1 aliphatic carbocycles. The molecule has 0 saturated carbocycles. The zero-order chi connectivity index (χ0) is 17.2. The molecule has 0 saturated heterocycles. The molecule has 128 valence electrons. The largest absolute Gasteiger partial charge is 0.462 e. The van der Waals surface area contributed by atoms with Crippen LogP contribution in [0.1, 0.15) is 59.8 Å². The van der Waals surface area contributed by atoms with Crippen molar-refractivity contribution in [3.63, 3.8) is 0 Å². The molecular weight excluding hydrogens is 314 g/mol. The van der Waals surface area contributed by atoms with Crippen molar-refractivity contribution in [3.05, 3.63) is 20.9 Å². The number of esters is 1. The monoisotopic (exact) mass is 339 g/mol. The summed E-state index contributed by atoms with van der Waals surface area (Å²) in [6.07, 6.45) is 2.07. The molecule has 6 heteroatoms. The first-order valence-electron chi connectivity index (χ1n) is 7.99. The Bertz CT molecular complexity index is 600. The average molecular weight is 339 g/mol. The van der Waals surface area contributed by atoms with Gasteiger partial charge in [0.25, 0.3) is 0 Å². The van der Waals surface area contributed by atoms with Crippen molar-refractivity contribution in [2.24, 2.45) is 0 Å². The summed E-state index contributed by atoms with van der Waals surface area (Å²) in [7, 11) is 0. The smallest absolute Gasteiger partial charge is 0.407 e. The summed E-state index contributed by atoms with van der Waals surface area (Å²) >= 11 is 1.52. The van der Waals surface area contributed by atoms with E-state index in [1.165, 1.54) is 21.8 Å². The number of fused-ring (bicyclic) bond motifs is 1. The van der Waals surface area contributed by atoms with Crippen LogP contribution in [0.15, 0.2) is 0 Å². The lowest BCUT2D eigenvalue weighted by Gasteiger charge is -2.26. The highest BCUT2D eigenvalue weighted by Crippen LogP contribution is 2.34. The van der Waals surface area contributed by atoms with Gasteiger partial charge in [-0.1, -0.05) is 0 Å². The Morgan fingerprint density at radius 2 is 2.04 bits per heavy atom. The molecule has 0 radical (unpaired) electrons. The SMILES string of the molecule is CCOC(=O)c1sc2c(c1C)CC(NC(=O)OC(C)(C)C)CC2. The van der Waals surface area contributed by atoms with Gasteiger partial charge in [-0.3, -0.25) is 0 Å². The van der Waals surface area contributed by atoms with Crippen LogP contribution in [0.3, 0.4) is 0 Å². The van der Waals surface area contributed by atoms with Crippen LogP contribution < -0.4 is 5.32 Å². The van der Waals surface area contributed by atoms with Crippen LogP contribution in [-0.2, 0) is 22.3 Å². The van der Waals surface area contributed by atoms with Gasteiger partial charge in [0.2, 0.25) is 0 Å². The van der Waals surface area contributed by atoms with Crippen LogP contribution in [0.5, 0.6) is 0 Å². The number of hydrogen-bond acceptors (Lipinski definition) is 5. The minimum atomic E-state index is -0.501. The molecule has 1 unspecified atom stereocenters. The van der Waals surface area contributed by atoms with Crippen molar-refractivity contribution in [2.45, 2.75) is 65.5 Å². The number of aryl methyl sites for hydroxylation is 1. The van der Waals surface area contributed by atoms with Crippen LogP contribution in [0, 0.1) is 6.92 Å². The third-order valence-corrected chi connectivity index (χ3v) is 5.08. The highest BCUT2D eigenvalue weighted by atomic mass is 32.1. The Morgan fingerprint density at radius 1 is 1.35 bits per heavy atom. The van der Waals surface area contributed by atoms with E-state index in [4.69, 9.17) is 9.47 Å². The van der Waals surface area contributed by atoms with Crippen molar-refractivity contribution in [3.8, 4) is 0 Å². The standard InChI is InChI=1S/C17H25NO4S/c1-6-21-15(19)14-10(2)12-9-11(7-8-13(12)23-14)18-16(20)22-17(3,4)5/h11H,6-9H2,1-5H3,(H,18,20). The summed E-state index contributed by atoms with van der Waals surface area (Å²) in [5.41, 5.74) is 1.66. The molecule has 1 heterocycles. The Kier molecular flexibility index (Phi) is 5.34. The molecule has 1 atom stereocenters. The fraction of sp³-hybridized carbons (Fsp3) is 0.647. The number of carbonyl (C=O) groups excluding carboxylic acids is 2. The van der Waals surface area contributed by atoms with Crippen LogP contribution in [0.2, 0.25) is 0 Å². The second kappa shape index (κ2) is 6.91. The van der Waals surface area contributed by atoms with Crippen LogP contribution >= 0.6 is 11.3 Å². The first kappa shape index (κ1) is 17.8. The van der Waals surface area contributed by atoms with E-state index < -0.39 is 5.60 Å². The maximum absolute atomic E-state index is 12.0. The summed E-state index contributed by atoms with van der Waals surface area (Å²) in [4.78, 5) is 25.8. The van der Waals surface area contributed by atoms with Crippen LogP contribution in [0.25, 0.3) is 0 Å². The molecule has 0 aromatic carbocycles. The Hall–Kier alpha value is -1.56. The van der Waals surface area contributed by atoms with Crippen molar-refractivity contribution >= 4 is 23.4 Å². The Morgan fingerprint density at radius 3 is 2.65 bits per heavy atom. The summed E-state index contributed by atoms with van der Waals surface area (Å²) in [6.45, 7) is 9.68. The first-order valence-corrected chi connectivity index (χ1v) is 8.80. The molecule has 1 aromatic rings. The number of alkyl carbamates (subject to hydrolysis) is 1. The fourth-order valence-electron chi connectivity index (χ4n) is 2.72. The topological polar surface area (TPSA) is 64.6 Å². The van der Waals surface area contributed by atoms with E-state index in [9.17, 15) is 9.59 Å². The van der Waals surface area contributed by atoms with E-state index in [0.717, 1.165) is 24.8 Å². The van der Waals surface area contributed by atoms with E-state index in [0.29, 0.717) is 11.5 Å². The molecule has 5 nitrogen and oxygen atoms in total. The van der Waals surface area contributed by atoms with E-state index in [-0.39, 0.29) is 18.1 Å². The minimum Gasteiger partial charge on any atom is -0.462 e. The number of ether oxygens (including phenoxy) is 2. The highest BCUT2D eigenvalue weighted by molar-refractivity contribution is 7.14. The second-order valence-corrected chi connectivity index (χ2v) is 7.87. The fourth-order valence-corrected chi connectivity index (χ4v) is 3.96. The number of hydrogen-bond donors (Lipinski definition) is 1. The van der Waals surface area contributed by atoms with Gasteiger partial charge < -0.3 is 14.8 Å². The third kappa shape index (κ3) is 4.47. The zero-order valence-electron chi connectivity index (χ0n) is 14.4. The van der Waals surface area contributed by atoms with Crippen molar-refractivity contribution in [1.82, 2.24) is 5.32 Å². The van der Waals surface area contributed by atoms with Crippen LogP contribution in [-0.4, -0.2) is 30.3 Å². The minimum absolute atomic E-state index is 0.0423. The molecule has 0 bridgehead atoms. The Balaban J connectivity index is 2.06. The molecule has 23 heavy (non-hydrogen) atoms. The summed E-state index contributed by atoms with van der Waals surface area (Å²) < 4.78 is 10.4. The third-order valence-electron chi connectivity index (χ3n) is 3.71. The van der Waals surface area contributed by atoms with Gasteiger partial charge in [-0.25, -0.2) is 9.59 Å². The van der Waals surface area contributed by atoms with Gasteiger partial charge in [-0.15, -0.1) is 11.3 Å². The van der Waals surface area contributed by atoms with Crippen LogP contribution in [0.4, 0.5) is 4.79 Å².